The Kier molecular flexibility index (Phi) is 9.64. The number of aromatic hydroxyl groups is 1. The molecule has 0 aromatic heterocycles. The fourth-order valence-corrected chi connectivity index (χ4v) is 3.37. The summed E-state index contributed by atoms with van der Waals surface area (Å²) in [5, 5.41) is 9.44. The summed E-state index contributed by atoms with van der Waals surface area (Å²) in [4.78, 5) is 12.1. The molecule has 0 amide bonds. The van der Waals surface area contributed by atoms with Crippen LogP contribution in [0.4, 0.5) is 13.2 Å². The molecule has 6 heteroatoms. The third-order valence-corrected chi connectivity index (χ3v) is 5.06. The zero-order chi connectivity index (χ0) is 23.6. The number of carbonyl (C=O) groups is 1. The van der Waals surface area contributed by atoms with Crippen molar-refractivity contribution in [1.82, 2.24) is 0 Å². The molecule has 0 fully saturated rings. The van der Waals surface area contributed by atoms with Crippen LogP contribution in [0.1, 0.15) is 85.0 Å². The van der Waals surface area contributed by atoms with Gasteiger partial charge in [-0.15, -0.1) is 0 Å². The van der Waals surface area contributed by atoms with Crippen molar-refractivity contribution in [1.29, 1.82) is 0 Å². The van der Waals surface area contributed by atoms with Gasteiger partial charge in [0.05, 0.1) is 17.7 Å². The molecule has 0 heterocycles. The first-order valence-corrected chi connectivity index (χ1v) is 11.0. The molecule has 0 saturated heterocycles. The molecular formula is C26H29F3O3. The Hall–Kier alpha value is -2.94. The molecular weight excluding hydrogens is 417 g/mol. The highest BCUT2D eigenvalue weighted by molar-refractivity contribution is 5.89. The number of carbonyl (C=O) groups excluding carboxylic acids is 1. The number of alkyl halides is 3. The minimum Gasteiger partial charge on any atom is -0.508 e. The van der Waals surface area contributed by atoms with Crippen LogP contribution in [0.2, 0.25) is 0 Å². The van der Waals surface area contributed by atoms with Crippen molar-refractivity contribution in [3.8, 4) is 17.6 Å². The summed E-state index contributed by atoms with van der Waals surface area (Å²) in [6, 6.07) is 7.96. The van der Waals surface area contributed by atoms with E-state index in [1.54, 1.807) is 25.1 Å². The van der Waals surface area contributed by atoms with E-state index in [0.29, 0.717) is 23.6 Å². The van der Waals surface area contributed by atoms with Crippen LogP contribution < -0.4 is 0 Å². The van der Waals surface area contributed by atoms with Crippen molar-refractivity contribution in [2.75, 3.05) is 6.61 Å². The minimum absolute atomic E-state index is 0.213. The van der Waals surface area contributed by atoms with Gasteiger partial charge in [0.15, 0.2) is 0 Å². The summed E-state index contributed by atoms with van der Waals surface area (Å²) < 4.78 is 45.0. The number of aryl methyl sites for hydroxylation is 1. The van der Waals surface area contributed by atoms with E-state index >= 15 is 0 Å². The van der Waals surface area contributed by atoms with Crippen molar-refractivity contribution in [3.63, 3.8) is 0 Å². The fraction of sp³-hybridized carbons (Fsp3) is 0.423. The normalized spacial score (nSPS) is 11.0. The maximum atomic E-state index is 13.3. The van der Waals surface area contributed by atoms with Gasteiger partial charge in [0.1, 0.15) is 5.75 Å². The number of phenolic OH excluding ortho intramolecular Hbond substituents is 1. The third-order valence-electron chi connectivity index (χ3n) is 5.06. The number of esters is 1. The van der Waals surface area contributed by atoms with Crippen molar-refractivity contribution in [2.45, 2.75) is 65.0 Å². The highest BCUT2D eigenvalue weighted by Gasteiger charge is 2.33. The van der Waals surface area contributed by atoms with Gasteiger partial charge in [-0.1, -0.05) is 50.9 Å². The molecule has 0 radical (unpaired) electrons. The second-order valence-electron chi connectivity index (χ2n) is 7.59. The van der Waals surface area contributed by atoms with Gasteiger partial charge in [0.25, 0.3) is 0 Å². The van der Waals surface area contributed by atoms with E-state index < -0.39 is 23.5 Å². The molecule has 0 unspecified atom stereocenters. The Morgan fingerprint density at radius 1 is 0.938 bits per heavy atom. The summed E-state index contributed by atoms with van der Waals surface area (Å²) in [5.41, 5.74) is 0.596. The number of unbranched alkanes of at least 4 members (excludes halogenated alkanes) is 5. The summed E-state index contributed by atoms with van der Waals surface area (Å²) in [7, 11) is 0. The molecule has 1 N–H and O–H groups in total. The second-order valence-corrected chi connectivity index (χ2v) is 7.59. The minimum atomic E-state index is -4.63. The number of phenols is 1. The maximum Gasteiger partial charge on any atom is 0.417 e. The van der Waals surface area contributed by atoms with Crippen molar-refractivity contribution in [2.24, 2.45) is 0 Å². The Morgan fingerprint density at radius 2 is 1.59 bits per heavy atom. The molecule has 0 aliphatic carbocycles. The van der Waals surface area contributed by atoms with E-state index in [9.17, 15) is 23.1 Å². The number of rotatable bonds is 9. The first-order valence-electron chi connectivity index (χ1n) is 11.0. The molecule has 0 bridgehead atoms. The smallest absolute Gasteiger partial charge is 0.417 e. The molecule has 172 valence electrons. The van der Waals surface area contributed by atoms with Crippen LogP contribution in [0.15, 0.2) is 36.4 Å². The van der Waals surface area contributed by atoms with Crippen LogP contribution in [-0.4, -0.2) is 17.7 Å². The lowest BCUT2D eigenvalue weighted by Crippen LogP contribution is -2.07. The highest BCUT2D eigenvalue weighted by Crippen LogP contribution is 2.33. The van der Waals surface area contributed by atoms with Crippen LogP contribution in [0.3, 0.4) is 0 Å². The van der Waals surface area contributed by atoms with Gasteiger partial charge in [-0.3, -0.25) is 0 Å². The maximum absolute atomic E-state index is 13.3. The Labute approximate surface area is 187 Å². The van der Waals surface area contributed by atoms with Crippen molar-refractivity contribution in [3.05, 3.63) is 64.2 Å². The fourth-order valence-electron chi connectivity index (χ4n) is 3.37. The second kappa shape index (κ2) is 12.2. The molecule has 0 atom stereocenters. The van der Waals surface area contributed by atoms with Crippen molar-refractivity contribution >= 4 is 5.97 Å². The SMILES string of the molecule is CCCCCCCCc1cc(C(=O)OCC)ccc1C#Cc1ccc(O)cc1C(F)(F)F. The number of ether oxygens (including phenoxy) is 1. The molecule has 0 aliphatic heterocycles. The van der Waals surface area contributed by atoms with Gasteiger partial charge < -0.3 is 9.84 Å². The highest BCUT2D eigenvalue weighted by atomic mass is 19.4. The first-order chi connectivity index (χ1) is 15.3. The predicted molar refractivity (Wildman–Crippen MR) is 119 cm³/mol. The van der Waals surface area contributed by atoms with Gasteiger partial charge in [-0.05, 0) is 61.7 Å². The largest absolute Gasteiger partial charge is 0.508 e. The predicted octanol–water partition coefficient (Wildman–Crippen LogP) is 6.89. The molecule has 0 spiro atoms. The Morgan fingerprint density at radius 3 is 2.28 bits per heavy atom. The number of benzene rings is 2. The van der Waals surface area contributed by atoms with Gasteiger partial charge >= 0.3 is 12.1 Å². The van der Waals surface area contributed by atoms with Gasteiger partial charge in [0.2, 0.25) is 0 Å². The van der Waals surface area contributed by atoms with Crippen LogP contribution in [0.5, 0.6) is 5.75 Å². The Bertz CT molecular complexity index is 969. The lowest BCUT2D eigenvalue weighted by atomic mass is 9.97. The zero-order valence-corrected chi connectivity index (χ0v) is 18.5. The van der Waals surface area contributed by atoms with Crippen LogP contribution in [-0.2, 0) is 17.3 Å². The molecule has 2 rings (SSSR count). The van der Waals surface area contributed by atoms with E-state index in [2.05, 4.69) is 18.8 Å². The summed E-state index contributed by atoms with van der Waals surface area (Å²) in [5.74, 6) is 4.53. The van der Waals surface area contributed by atoms with E-state index in [0.717, 1.165) is 30.9 Å². The standard InChI is InChI=1S/C26H29F3O3/c1-3-5-6-7-8-9-10-21-17-22(25(31)32-4-2)14-12-19(21)11-13-20-15-16-23(30)18-24(20)26(27,28)29/h12,14-18,30H,3-10H2,1-2H3. The lowest BCUT2D eigenvalue weighted by molar-refractivity contribution is -0.137. The topological polar surface area (TPSA) is 46.5 Å². The lowest BCUT2D eigenvalue weighted by Gasteiger charge is -2.10. The zero-order valence-electron chi connectivity index (χ0n) is 18.5. The van der Waals surface area contributed by atoms with Crippen LogP contribution in [0, 0.1) is 11.8 Å². The van der Waals surface area contributed by atoms with Crippen LogP contribution in [0.25, 0.3) is 0 Å². The van der Waals surface area contributed by atoms with E-state index in [4.69, 9.17) is 4.74 Å². The summed E-state index contributed by atoms with van der Waals surface area (Å²) in [6.45, 7) is 4.14. The first kappa shape index (κ1) is 25.3. The molecule has 32 heavy (non-hydrogen) atoms. The quantitative estimate of drug-likeness (QED) is 0.259. The summed E-state index contributed by atoms with van der Waals surface area (Å²) in [6.07, 6.45) is 2.64. The van der Waals surface area contributed by atoms with E-state index in [1.165, 1.54) is 25.3 Å². The Balaban J connectivity index is 2.32. The molecule has 0 aliphatic rings. The average Bonchev–Trinajstić information content (AvgIpc) is 2.75. The molecule has 2 aromatic carbocycles. The molecule has 0 saturated carbocycles. The number of hydrogen-bond donors (Lipinski definition) is 1. The number of halogens is 3. The number of hydrogen-bond acceptors (Lipinski definition) is 3. The van der Waals surface area contributed by atoms with Gasteiger partial charge in [0, 0.05) is 11.1 Å². The van der Waals surface area contributed by atoms with Crippen molar-refractivity contribution < 1.29 is 27.8 Å². The van der Waals surface area contributed by atoms with Crippen LogP contribution >= 0.6 is 0 Å². The monoisotopic (exact) mass is 446 g/mol. The van der Waals surface area contributed by atoms with Gasteiger partial charge in [-0.2, -0.15) is 13.2 Å². The summed E-state index contributed by atoms with van der Waals surface area (Å²) >= 11 is 0. The van der Waals surface area contributed by atoms with Gasteiger partial charge in [-0.25, -0.2) is 4.79 Å². The van der Waals surface area contributed by atoms with E-state index in [-0.39, 0.29) is 12.2 Å². The third kappa shape index (κ3) is 7.64. The molecule has 3 nitrogen and oxygen atoms in total. The molecule has 2 aromatic rings. The average molecular weight is 447 g/mol. The van der Waals surface area contributed by atoms with E-state index in [1.807, 2.05) is 0 Å².